The van der Waals surface area contributed by atoms with E-state index < -0.39 is 6.04 Å². The second-order valence-electron chi connectivity index (χ2n) is 9.26. The van der Waals surface area contributed by atoms with Crippen molar-refractivity contribution in [2.75, 3.05) is 13.3 Å². The van der Waals surface area contributed by atoms with Gasteiger partial charge in [-0.15, -0.1) is 0 Å². The average Bonchev–Trinajstić information content (AvgIpc) is 3.39. The van der Waals surface area contributed by atoms with Gasteiger partial charge in [-0.1, -0.05) is 79.0 Å². The summed E-state index contributed by atoms with van der Waals surface area (Å²) in [5.41, 5.74) is 2.53. The summed E-state index contributed by atoms with van der Waals surface area (Å²) in [6.07, 6.45) is 2.87. The first-order valence-electron chi connectivity index (χ1n) is 12.9. The molecule has 0 spiro atoms. The fraction of sp³-hybridized carbons (Fsp3) is 0.333. The van der Waals surface area contributed by atoms with Crippen molar-refractivity contribution in [3.8, 4) is 11.5 Å². The lowest BCUT2D eigenvalue weighted by atomic mass is 10.0. The molecule has 0 bridgehead atoms. The monoisotopic (exact) mass is 554 g/mol. The summed E-state index contributed by atoms with van der Waals surface area (Å²) in [7, 11) is 0. The minimum absolute atomic E-state index is 0.122. The van der Waals surface area contributed by atoms with E-state index >= 15 is 0 Å². The number of halogens is 2. The van der Waals surface area contributed by atoms with E-state index in [0.717, 1.165) is 24.0 Å². The van der Waals surface area contributed by atoms with Gasteiger partial charge in [0.25, 0.3) is 0 Å². The van der Waals surface area contributed by atoms with E-state index in [-0.39, 0.29) is 31.6 Å². The molecule has 8 heteroatoms. The highest BCUT2D eigenvalue weighted by Crippen LogP contribution is 2.33. The Bertz CT molecular complexity index is 1230. The van der Waals surface area contributed by atoms with E-state index in [1.165, 1.54) is 0 Å². The normalized spacial score (nSPS) is 12.7. The number of carbonyl (C=O) groups excluding carboxylic acids is 2. The first-order valence-corrected chi connectivity index (χ1v) is 13.6. The summed E-state index contributed by atoms with van der Waals surface area (Å²) in [4.78, 5) is 29.0. The van der Waals surface area contributed by atoms with Crippen molar-refractivity contribution in [2.45, 2.75) is 51.6 Å². The van der Waals surface area contributed by atoms with Crippen molar-refractivity contribution in [1.29, 1.82) is 0 Å². The molecule has 3 aromatic rings. The highest BCUT2D eigenvalue weighted by molar-refractivity contribution is 6.36. The Morgan fingerprint density at radius 3 is 2.42 bits per heavy atom. The molecular weight excluding hydrogens is 523 g/mol. The number of aryl methyl sites for hydroxylation is 1. The van der Waals surface area contributed by atoms with Gasteiger partial charge in [0.15, 0.2) is 11.5 Å². The number of hydrogen-bond donors (Lipinski definition) is 1. The van der Waals surface area contributed by atoms with E-state index in [1.54, 1.807) is 23.1 Å². The SMILES string of the molecule is CCCCNC(=O)C(Cc1ccccc1)N(Cc1c(Cl)cccc1Cl)C(=O)CCc1ccc2c(c1)OCO2. The summed E-state index contributed by atoms with van der Waals surface area (Å²) in [6.45, 7) is 2.93. The average molecular weight is 556 g/mol. The van der Waals surface area contributed by atoms with Gasteiger partial charge in [-0.2, -0.15) is 0 Å². The Hall–Kier alpha value is -3.22. The minimum atomic E-state index is -0.731. The van der Waals surface area contributed by atoms with Gasteiger partial charge in [-0.25, -0.2) is 0 Å². The third-order valence-electron chi connectivity index (χ3n) is 6.56. The van der Waals surface area contributed by atoms with Crippen LogP contribution in [0.3, 0.4) is 0 Å². The van der Waals surface area contributed by atoms with Gasteiger partial charge >= 0.3 is 0 Å². The third-order valence-corrected chi connectivity index (χ3v) is 7.26. The smallest absolute Gasteiger partial charge is 0.243 e. The van der Waals surface area contributed by atoms with E-state index in [2.05, 4.69) is 12.2 Å². The van der Waals surface area contributed by atoms with Crippen LogP contribution in [0.1, 0.15) is 42.9 Å². The lowest BCUT2D eigenvalue weighted by molar-refractivity contribution is -0.141. The molecule has 1 unspecified atom stereocenters. The van der Waals surface area contributed by atoms with Crippen molar-refractivity contribution in [2.24, 2.45) is 0 Å². The van der Waals surface area contributed by atoms with Crippen LogP contribution < -0.4 is 14.8 Å². The first kappa shape index (κ1) is 27.8. The number of unbranched alkanes of at least 4 members (excludes halogenated alkanes) is 1. The number of nitrogens with one attached hydrogen (secondary N) is 1. The maximum absolute atomic E-state index is 13.8. The lowest BCUT2D eigenvalue weighted by Crippen LogP contribution is -2.50. The molecule has 0 aromatic heterocycles. The molecule has 1 heterocycles. The Balaban J connectivity index is 1.62. The van der Waals surface area contributed by atoms with Crippen LogP contribution in [0.2, 0.25) is 10.0 Å². The van der Waals surface area contributed by atoms with Crippen LogP contribution in [0.5, 0.6) is 11.5 Å². The van der Waals surface area contributed by atoms with Gasteiger partial charge in [-0.05, 0) is 48.2 Å². The molecule has 6 nitrogen and oxygen atoms in total. The van der Waals surface area contributed by atoms with Gasteiger partial charge in [0.1, 0.15) is 6.04 Å². The second kappa shape index (κ2) is 13.5. The van der Waals surface area contributed by atoms with Gasteiger partial charge in [0.2, 0.25) is 18.6 Å². The fourth-order valence-electron chi connectivity index (χ4n) is 4.41. The van der Waals surface area contributed by atoms with Gasteiger partial charge in [-0.3, -0.25) is 9.59 Å². The molecular formula is C30H32Cl2N2O4. The quantitative estimate of drug-likeness (QED) is 0.270. The van der Waals surface area contributed by atoms with Gasteiger partial charge < -0.3 is 19.7 Å². The third kappa shape index (κ3) is 7.21. The molecule has 0 radical (unpaired) electrons. The minimum Gasteiger partial charge on any atom is -0.454 e. The zero-order chi connectivity index (χ0) is 26.9. The van der Waals surface area contributed by atoms with Crippen LogP contribution in [0.4, 0.5) is 0 Å². The molecule has 200 valence electrons. The predicted octanol–water partition coefficient (Wildman–Crippen LogP) is 6.21. The number of hydrogen-bond acceptors (Lipinski definition) is 4. The van der Waals surface area contributed by atoms with Crippen LogP contribution in [-0.4, -0.2) is 36.1 Å². The van der Waals surface area contributed by atoms with Crippen LogP contribution >= 0.6 is 23.2 Å². The van der Waals surface area contributed by atoms with Gasteiger partial charge in [0.05, 0.1) is 0 Å². The molecule has 0 fully saturated rings. The van der Waals surface area contributed by atoms with Crippen LogP contribution in [0.15, 0.2) is 66.7 Å². The Kier molecular flexibility index (Phi) is 9.91. The Morgan fingerprint density at radius 1 is 0.947 bits per heavy atom. The summed E-state index contributed by atoms with van der Waals surface area (Å²) in [5, 5.41) is 3.94. The maximum Gasteiger partial charge on any atom is 0.243 e. The summed E-state index contributed by atoms with van der Waals surface area (Å²) >= 11 is 13.0. The Morgan fingerprint density at radius 2 is 1.68 bits per heavy atom. The highest BCUT2D eigenvalue weighted by Gasteiger charge is 2.31. The largest absolute Gasteiger partial charge is 0.454 e. The molecule has 1 atom stereocenters. The molecule has 1 aliphatic rings. The molecule has 2 amide bonds. The number of amides is 2. The number of ether oxygens (including phenoxy) is 2. The molecule has 0 saturated carbocycles. The Labute approximate surface area is 233 Å². The van der Waals surface area contributed by atoms with Crippen molar-refractivity contribution >= 4 is 35.0 Å². The van der Waals surface area contributed by atoms with Crippen molar-refractivity contribution in [3.63, 3.8) is 0 Å². The van der Waals surface area contributed by atoms with Crippen molar-refractivity contribution < 1.29 is 19.1 Å². The molecule has 0 aliphatic carbocycles. The summed E-state index contributed by atoms with van der Waals surface area (Å²) in [6, 6.07) is 19.9. The standard InChI is InChI=1S/C30H32Cl2N2O4/c1-2-3-16-33-30(36)26(17-21-8-5-4-6-9-21)34(19-23-24(31)10-7-11-25(23)32)29(35)15-13-22-12-14-27-28(18-22)38-20-37-27/h4-12,14,18,26H,2-3,13,15-17,19-20H2,1H3,(H,33,36). The van der Waals surface area contributed by atoms with Crippen LogP contribution in [0, 0.1) is 0 Å². The van der Waals surface area contributed by atoms with Crippen molar-refractivity contribution in [3.05, 3.63) is 93.5 Å². The molecule has 1 aliphatic heterocycles. The number of carbonyl (C=O) groups is 2. The topological polar surface area (TPSA) is 67.9 Å². The zero-order valence-electron chi connectivity index (χ0n) is 21.4. The molecule has 38 heavy (non-hydrogen) atoms. The second-order valence-corrected chi connectivity index (χ2v) is 10.1. The van der Waals surface area contributed by atoms with Crippen LogP contribution in [0.25, 0.3) is 0 Å². The van der Waals surface area contributed by atoms with Crippen LogP contribution in [-0.2, 0) is 29.0 Å². The molecule has 3 aromatic carbocycles. The number of benzene rings is 3. The van der Waals surface area contributed by atoms with E-state index in [0.29, 0.717) is 46.5 Å². The fourth-order valence-corrected chi connectivity index (χ4v) is 4.92. The highest BCUT2D eigenvalue weighted by atomic mass is 35.5. The van der Waals surface area contributed by atoms with E-state index in [4.69, 9.17) is 32.7 Å². The molecule has 1 N–H and O–H groups in total. The van der Waals surface area contributed by atoms with E-state index in [9.17, 15) is 9.59 Å². The summed E-state index contributed by atoms with van der Waals surface area (Å²) in [5.74, 6) is 1.01. The first-order chi connectivity index (χ1) is 18.5. The maximum atomic E-state index is 13.8. The number of fused-ring (bicyclic) bond motifs is 1. The van der Waals surface area contributed by atoms with E-state index in [1.807, 2.05) is 48.5 Å². The zero-order valence-corrected chi connectivity index (χ0v) is 22.9. The molecule has 0 saturated heterocycles. The summed E-state index contributed by atoms with van der Waals surface area (Å²) < 4.78 is 10.9. The van der Waals surface area contributed by atoms with Crippen molar-refractivity contribution in [1.82, 2.24) is 10.2 Å². The molecule has 4 rings (SSSR count). The van der Waals surface area contributed by atoms with Gasteiger partial charge in [0, 0.05) is 41.5 Å². The number of rotatable bonds is 12. The lowest BCUT2D eigenvalue weighted by Gasteiger charge is -2.32. The number of nitrogens with zero attached hydrogens (tertiary/aromatic N) is 1. The predicted molar refractivity (Wildman–Crippen MR) is 150 cm³/mol.